The Morgan fingerprint density at radius 2 is 1.90 bits per heavy atom. The van der Waals surface area contributed by atoms with Crippen molar-refractivity contribution >= 4 is 33.2 Å². The molecule has 0 heterocycles. The van der Waals surface area contributed by atoms with Crippen LogP contribution in [0.1, 0.15) is 5.56 Å². The number of rotatable bonds is 5. The molecule has 0 radical (unpaired) electrons. The molecule has 1 amide bonds. The minimum atomic E-state index is -0.103. The van der Waals surface area contributed by atoms with E-state index < -0.39 is 0 Å². The Morgan fingerprint density at radius 3 is 2.57 bits per heavy atom. The third-order valence-corrected chi connectivity index (χ3v) is 3.63. The highest BCUT2D eigenvalue weighted by Gasteiger charge is 2.05. The SMILES string of the molecule is COc1ccc(NC(=O)CNc2cc(C)ccc2Br)cc1. The number of halogens is 1. The standard InChI is InChI=1S/C16H17BrN2O2/c1-11-3-8-14(17)15(9-11)18-10-16(20)19-12-4-6-13(21-2)7-5-12/h3-9,18H,10H2,1-2H3,(H,19,20). The Kier molecular flexibility index (Phi) is 5.22. The van der Waals surface area contributed by atoms with Crippen LogP contribution in [-0.4, -0.2) is 19.6 Å². The van der Waals surface area contributed by atoms with Crippen molar-refractivity contribution in [1.82, 2.24) is 0 Å². The number of hydrogen-bond donors (Lipinski definition) is 2. The molecule has 0 spiro atoms. The van der Waals surface area contributed by atoms with E-state index in [-0.39, 0.29) is 12.5 Å². The lowest BCUT2D eigenvalue weighted by atomic mass is 10.2. The second-order valence-electron chi connectivity index (χ2n) is 4.61. The number of nitrogens with one attached hydrogen (secondary N) is 2. The molecule has 2 rings (SSSR count). The van der Waals surface area contributed by atoms with Crippen LogP contribution < -0.4 is 15.4 Å². The molecular formula is C16H17BrN2O2. The van der Waals surface area contributed by atoms with Gasteiger partial charge in [-0.15, -0.1) is 0 Å². The molecule has 0 fully saturated rings. The Hall–Kier alpha value is -2.01. The molecule has 0 aliphatic carbocycles. The average molecular weight is 349 g/mol. The predicted molar refractivity (Wildman–Crippen MR) is 89.0 cm³/mol. The van der Waals surface area contributed by atoms with E-state index in [9.17, 15) is 4.79 Å². The number of hydrogen-bond acceptors (Lipinski definition) is 3. The lowest BCUT2D eigenvalue weighted by Gasteiger charge is -2.10. The molecule has 0 aromatic heterocycles. The maximum absolute atomic E-state index is 11.9. The molecule has 4 nitrogen and oxygen atoms in total. The third kappa shape index (κ3) is 4.49. The summed E-state index contributed by atoms with van der Waals surface area (Å²) in [5.41, 5.74) is 2.78. The van der Waals surface area contributed by atoms with E-state index in [0.29, 0.717) is 0 Å². The second kappa shape index (κ2) is 7.13. The van der Waals surface area contributed by atoms with Gasteiger partial charge in [0.2, 0.25) is 5.91 Å². The van der Waals surface area contributed by atoms with Crippen LogP contribution in [0.25, 0.3) is 0 Å². The number of aryl methyl sites for hydroxylation is 1. The minimum Gasteiger partial charge on any atom is -0.497 e. The predicted octanol–water partition coefficient (Wildman–Crippen LogP) is 3.82. The van der Waals surface area contributed by atoms with Gasteiger partial charge < -0.3 is 15.4 Å². The van der Waals surface area contributed by atoms with Crippen molar-refractivity contribution in [3.63, 3.8) is 0 Å². The Morgan fingerprint density at radius 1 is 1.19 bits per heavy atom. The zero-order valence-electron chi connectivity index (χ0n) is 11.9. The van der Waals surface area contributed by atoms with Crippen molar-refractivity contribution in [2.24, 2.45) is 0 Å². The Labute approximate surface area is 132 Å². The van der Waals surface area contributed by atoms with Crippen molar-refractivity contribution in [1.29, 1.82) is 0 Å². The van der Waals surface area contributed by atoms with Gasteiger partial charge in [-0.05, 0) is 64.8 Å². The molecular weight excluding hydrogens is 332 g/mol. The van der Waals surface area contributed by atoms with Gasteiger partial charge in [0, 0.05) is 15.8 Å². The van der Waals surface area contributed by atoms with Crippen LogP contribution in [0, 0.1) is 6.92 Å². The quantitative estimate of drug-likeness (QED) is 0.863. The van der Waals surface area contributed by atoms with E-state index >= 15 is 0 Å². The summed E-state index contributed by atoms with van der Waals surface area (Å²) in [7, 11) is 1.61. The first-order valence-electron chi connectivity index (χ1n) is 6.52. The van der Waals surface area contributed by atoms with Crippen molar-refractivity contribution in [2.75, 3.05) is 24.3 Å². The molecule has 2 N–H and O–H groups in total. The normalized spacial score (nSPS) is 10.0. The maximum atomic E-state index is 11.9. The summed E-state index contributed by atoms with van der Waals surface area (Å²) in [6.07, 6.45) is 0. The zero-order chi connectivity index (χ0) is 15.2. The fraction of sp³-hybridized carbons (Fsp3) is 0.188. The van der Waals surface area contributed by atoms with Gasteiger partial charge >= 0.3 is 0 Å². The van der Waals surface area contributed by atoms with Crippen molar-refractivity contribution in [3.8, 4) is 5.75 Å². The van der Waals surface area contributed by atoms with E-state index in [1.807, 2.05) is 25.1 Å². The van der Waals surface area contributed by atoms with Crippen molar-refractivity contribution in [2.45, 2.75) is 6.92 Å². The van der Waals surface area contributed by atoms with Crippen LogP contribution in [0.15, 0.2) is 46.9 Å². The molecule has 0 unspecified atom stereocenters. The number of benzene rings is 2. The molecule has 21 heavy (non-hydrogen) atoms. The molecule has 0 aliphatic heterocycles. The van der Waals surface area contributed by atoms with Gasteiger partial charge in [-0.25, -0.2) is 0 Å². The molecule has 2 aromatic rings. The Balaban J connectivity index is 1.91. The molecule has 0 bridgehead atoms. The van der Waals surface area contributed by atoms with Crippen LogP contribution in [0.5, 0.6) is 5.75 Å². The fourth-order valence-corrected chi connectivity index (χ4v) is 2.22. The van der Waals surface area contributed by atoms with E-state index in [2.05, 4.69) is 26.6 Å². The highest BCUT2D eigenvalue weighted by Crippen LogP contribution is 2.23. The van der Waals surface area contributed by atoms with Crippen LogP contribution in [0.2, 0.25) is 0 Å². The largest absolute Gasteiger partial charge is 0.497 e. The first kappa shape index (κ1) is 15.4. The van der Waals surface area contributed by atoms with E-state index in [4.69, 9.17) is 4.74 Å². The third-order valence-electron chi connectivity index (χ3n) is 2.94. The monoisotopic (exact) mass is 348 g/mol. The van der Waals surface area contributed by atoms with Crippen LogP contribution in [-0.2, 0) is 4.79 Å². The van der Waals surface area contributed by atoms with Gasteiger partial charge in [0.05, 0.1) is 13.7 Å². The Bertz CT molecular complexity index is 627. The van der Waals surface area contributed by atoms with Gasteiger partial charge in [0.15, 0.2) is 0 Å². The molecule has 110 valence electrons. The maximum Gasteiger partial charge on any atom is 0.243 e. The average Bonchev–Trinajstić information content (AvgIpc) is 2.49. The fourth-order valence-electron chi connectivity index (χ4n) is 1.83. The number of methoxy groups -OCH3 is 1. The summed E-state index contributed by atoms with van der Waals surface area (Å²) in [6.45, 7) is 2.21. The minimum absolute atomic E-state index is 0.103. The first-order chi connectivity index (χ1) is 10.1. The molecule has 0 atom stereocenters. The molecule has 0 aliphatic rings. The highest BCUT2D eigenvalue weighted by molar-refractivity contribution is 9.10. The van der Waals surface area contributed by atoms with Crippen LogP contribution in [0.3, 0.4) is 0 Å². The summed E-state index contributed by atoms with van der Waals surface area (Å²) in [5, 5.41) is 5.94. The summed E-state index contributed by atoms with van der Waals surface area (Å²) in [6, 6.07) is 13.2. The van der Waals surface area contributed by atoms with Crippen molar-refractivity contribution in [3.05, 3.63) is 52.5 Å². The van der Waals surface area contributed by atoms with Gasteiger partial charge in [0.1, 0.15) is 5.75 Å². The smallest absolute Gasteiger partial charge is 0.243 e. The first-order valence-corrected chi connectivity index (χ1v) is 7.31. The topological polar surface area (TPSA) is 50.4 Å². The molecule has 5 heteroatoms. The van der Waals surface area contributed by atoms with Crippen molar-refractivity contribution < 1.29 is 9.53 Å². The lowest BCUT2D eigenvalue weighted by Crippen LogP contribution is -2.21. The van der Waals surface area contributed by atoms with Gasteiger partial charge in [-0.2, -0.15) is 0 Å². The summed E-state index contributed by atoms with van der Waals surface area (Å²) in [5.74, 6) is 0.656. The summed E-state index contributed by atoms with van der Waals surface area (Å²) >= 11 is 3.46. The summed E-state index contributed by atoms with van der Waals surface area (Å²) in [4.78, 5) is 11.9. The highest BCUT2D eigenvalue weighted by atomic mass is 79.9. The van der Waals surface area contributed by atoms with Crippen LogP contribution in [0.4, 0.5) is 11.4 Å². The van der Waals surface area contributed by atoms with Gasteiger partial charge in [-0.3, -0.25) is 4.79 Å². The second-order valence-corrected chi connectivity index (χ2v) is 5.47. The number of carbonyl (C=O) groups is 1. The molecule has 0 saturated heterocycles. The number of amides is 1. The van der Waals surface area contributed by atoms with Crippen LogP contribution >= 0.6 is 15.9 Å². The number of anilines is 2. The van der Waals surface area contributed by atoms with E-state index in [1.165, 1.54) is 0 Å². The molecule has 2 aromatic carbocycles. The number of ether oxygens (including phenoxy) is 1. The summed E-state index contributed by atoms with van der Waals surface area (Å²) < 4.78 is 6.01. The van der Waals surface area contributed by atoms with E-state index in [0.717, 1.165) is 27.2 Å². The number of carbonyl (C=O) groups excluding carboxylic acids is 1. The zero-order valence-corrected chi connectivity index (χ0v) is 13.5. The van der Waals surface area contributed by atoms with E-state index in [1.54, 1.807) is 31.4 Å². The lowest BCUT2D eigenvalue weighted by molar-refractivity contribution is -0.114. The molecule has 0 saturated carbocycles. The van der Waals surface area contributed by atoms with Gasteiger partial charge in [0.25, 0.3) is 0 Å². The van der Waals surface area contributed by atoms with Gasteiger partial charge in [-0.1, -0.05) is 6.07 Å².